The van der Waals surface area contributed by atoms with Gasteiger partial charge in [-0.15, -0.1) is 0 Å². The molecule has 0 atom stereocenters. The van der Waals surface area contributed by atoms with E-state index in [2.05, 4.69) is 9.97 Å². The SMILES string of the molecule is Cc1nc2c(C(=O)O)cc(-c3ccc(-c4cccc(CN5CCCC(F)(F)C5)c4)cc3)cc2[nH]1. The lowest BCUT2D eigenvalue weighted by Crippen LogP contribution is -2.41. The van der Waals surface area contributed by atoms with Gasteiger partial charge in [0.15, 0.2) is 0 Å². The molecule has 34 heavy (non-hydrogen) atoms. The van der Waals surface area contributed by atoms with E-state index in [0.29, 0.717) is 36.4 Å². The van der Waals surface area contributed by atoms with E-state index in [1.54, 1.807) is 13.0 Å². The van der Waals surface area contributed by atoms with Crippen LogP contribution < -0.4 is 0 Å². The van der Waals surface area contributed by atoms with Crippen LogP contribution in [0.5, 0.6) is 0 Å². The van der Waals surface area contributed by atoms with E-state index < -0.39 is 11.9 Å². The van der Waals surface area contributed by atoms with Gasteiger partial charge in [0.05, 0.1) is 17.6 Å². The van der Waals surface area contributed by atoms with Crippen LogP contribution >= 0.6 is 0 Å². The number of hydrogen-bond donors (Lipinski definition) is 2. The highest BCUT2D eigenvalue weighted by Gasteiger charge is 2.34. The molecule has 3 aromatic carbocycles. The summed E-state index contributed by atoms with van der Waals surface area (Å²) in [5.74, 6) is -2.96. The van der Waals surface area contributed by atoms with Gasteiger partial charge in [-0.1, -0.05) is 42.5 Å². The normalized spacial score (nSPS) is 16.1. The van der Waals surface area contributed by atoms with Gasteiger partial charge in [0.25, 0.3) is 5.92 Å². The maximum atomic E-state index is 13.8. The molecule has 174 valence electrons. The summed E-state index contributed by atoms with van der Waals surface area (Å²) in [4.78, 5) is 21.0. The first kappa shape index (κ1) is 22.2. The van der Waals surface area contributed by atoms with Crippen LogP contribution in [0.3, 0.4) is 0 Å². The molecule has 4 aromatic rings. The summed E-state index contributed by atoms with van der Waals surface area (Å²) in [7, 11) is 0. The number of nitrogens with zero attached hydrogens (tertiary/aromatic N) is 2. The summed E-state index contributed by atoms with van der Waals surface area (Å²) in [6.07, 6.45) is 0.485. The Bertz CT molecular complexity index is 1360. The molecule has 0 aliphatic carbocycles. The van der Waals surface area contributed by atoms with Gasteiger partial charge in [-0.05, 0) is 65.9 Å². The predicted octanol–water partition coefficient (Wildman–Crippen LogP) is 6.13. The summed E-state index contributed by atoms with van der Waals surface area (Å²) in [6.45, 7) is 2.80. The molecule has 1 aliphatic heterocycles. The van der Waals surface area contributed by atoms with Gasteiger partial charge in [-0.3, -0.25) is 4.90 Å². The fraction of sp³-hybridized carbons (Fsp3) is 0.259. The van der Waals surface area contributed by atoms with Gasteiger partial charge in [0.2, 0.25) is 0 Å². The Labute approximate surface area is 196 Å². The third kappa shape index (κ3) is 4.56. The number of H-pyrrole nitrogens is 1. The van der Waals surface area contributed by atoms with Gasteiger partial charge in [-0.25, -0.2) is 18.6 Å². The first-order valence-electron chi connectivity index (χ1n) is 11.3. The molecule has 0 spiro atoms. The van der Waals surface area contributed by atoms with Crippen LogP contribution in [0.25, 0.3) is 33.3 Å². The minimum atomic E-state index is -2.61. The van der Waals surface area contributed by atoms with Crippen molar-refractivity contribution in [1.29, 1.82) is 0 Å². The summed E-state index contributed by atoms with van der Waals surface area (Å²) in [5, 5.41) is 9.63. The molecule has 2 heterocycles. The second kappa shape index (κ2) is 8.65. The maximum absolute atomic E-state index is 13.8. The molecule has 2 N–H and O–H groups in total. The van der Waals surface area contributed by atoms with Crippen LogP contribution in [0, 0.1) is 6.92 Å². The zero-order chi connectivity index (χ0) is 23.9. The van der Waals surface area contributed by atoms with Crippen molar-refractivity contribution < 1.29 is 18.7 Å². The highest BCUT2D eigenvalue weighted by atomic mass is 19.3. The minimum Gasteiger partial charge on any atom is -0.478 e. The molecule has 0 unspecified atom stereocenters. The Morgan fingerprint density at radius 1 is 1.06 bits per heavy atom. The van der Waals surface area contributed by atoms with Crippen molar-refractivity contribution in [1.82, 2.24) is 14.9 Å². The number of aryl methyl sites for hydroxylation is 1. The van der Waals surface area contributed by atoms with Gasteiger partial charge >= 0.3 is 5.97 Å². The zero-order valence-corrected chi connectivity index (χ0v) is 18.8. The van der Waals surface area contributed by atoms with E-state index in [9.17, 15) is 18.7 Å². The Hall–Kier alpha value is -3.58. The number of aromatic amines is 1. The Morgan fingerprint density at radius 3 is 2.50 bits per heavy atom. The molecular weight excluding hydrogens is 436 g/mol. The highest BCUT2D eigenvalue weighted by Crippen LogP contribution is 2.31. The predicted molar refractivity (Wildman–Crippen MR) is 128 cm³/mol. The summed E-state index contributed by atoms with van der Waals surface area (Å²) in [5.41, 5.74) is 6.01. The van der Waals surface area contributed by atoms with Crippen LogP contribution in [-0.4, -0.2) is 45.0 Å². The number of imidazole rings is 1. The number of likely N-dealkylation sites (tertiary alicyclic amines) is 1. The van der Waals surface area contributed by atoms with Crippen LogP contribution in [0.2, 0.25) is 0 Å². The number of carbonyl (C=O) groups is 1. The first-order valence-corrected chi connectivity index (χ1v) is 11.3. The van der Waals surface area contributed by atoms with Gasteiger partial charge in [-0.2, -0.15) is 0 Å². The zero-order valence-electron chi connectivity index (χ0n) is 18.8. The summed E-state index contributed by atoms with van der Waals surface area (Å²) < 4.78 is 27.5. The Kier molecular flexibility index (Phi) is 5.65. The number of rotatable bonds is 5. The van der Waals surface area contributed by atoms with E-state index in [4.69, 9.17) is 0 Å². The largest absolute Gasteiger partial charge is 0.478 e. The van der Waals surface area contributed by atoms with Crippen LogP contribution in [0.1, 0.15) is 34.6 Å². The molecule has 0 bridgehead atoms. The quantitative estimate of drug-likeness (QED) is 0.375. The van der Waals surface area contributed by atoms with Crippen molar-refractivity contribution in [2.75, 3.05) is 13.1 Å². The monoisotopic (exact) mass is 461 g/mol. The number of carboxylic acid groups (broad SMARTS) is 1. The van der Waals surface area contributed by atoms with Crippen molar-refractivity contribution in [2.24, 2.45) is 0 Å². The van der Waals surface area contributed by atoms with Gasteiger partial charge in [0.1, 0.15) is 11.3 Å². The molecule has 0 amide bonds. The average molecular weight is 462 g/mol. The number of halogens is 2. The molecule has 5 nitrogen and oxygen atoms in total. The van der Waals surface area contributed by atoms with Crippen LogP contribution in [0.15, 0.2) is 60.7 Å². The molecule has 1 saturated heterocycles. The summed E-state index contributed by atoms with van der Waals surface area (Å²) in [6, 6.07) is 19.4. The van der Waals surface area contributed by atoms with Crippen molar-refractivity contribution >= 4 is 17.0 Å². The number of piperidine rings is 1. The third-order valence-electron chi connectivity index (χ3n) is 6.29. The van der Waals surface area contributed by atoms with E-state index >= 15 is 0 Å². The lowest BCUT2D eigenvalue weighted by Gasteiger charge is -2.32. The first-order chi connectivity index (χ1) is 16.3. The van der Waals surface area contributed by atoms with E-state index in [-0.39, 0.29) is 18.5 Å². The van der Waals surface area contributed by atoms with Crippen LogP contribution in [0.4, 0.5) is 8.78 Å². The number of nitrogens with one attached hydrogen (secondary N) is 1. The number of aromatic nitrogens is 2. The molecule has 5 rings (SSSR count). The topological polar surface area (TPSA) is 69.2 Å². The standard InChI is InChI=1S/C27H25F2N3O2/c1-17-30-24-14-22(13-23(26(33)34)25(24)31-17)20-8-6-19(7-9-20)21-5-2-4-18(12-21)15-32-11-3-10-27(28,29)16-32/h2,4-9,12-14H,3,10-11,15-16H2,1H3,(H,30,31)(H,33,34). The Morgan fingerprint density at radius 2 is 1.79 bits per heavy atom. The lowest BCUT2D eigenvalue weighted by atomic mass is 9.97. The summed E-state index contributed by atoms with van der Waals surface area (Å²) >= 11 is 0. The fourth-order valence-corrected chi connectivity index (χ4v) is 4.71. The number of benzene rings is 3. The molecule has 1 fully saturated rings. The number of alkyl halides is 2. The number of aromatic carboxylic acids is 1. The molecule has 7 heteroatoms. The van der Waals surface area contributed by atoms with Gasteiger partial charge < -0.3 is 10.1 Å². The second-order valence-electron chi connectivity index (χ2n) is 9.00. The fourth-order valence-electron chi connectivity index (χ4n) is 4.71. The number of carboxylic acids is 1. The van der Waals surface area contributed by atoms with E-state index in [0.717, 1.165) is 27.8 Å². The molecule has 0 radical (unpaired) electrons. The van der Waals surface area contributed by atoms with Crippen molar-refractivity contribution in [2.45, 2.75) is 32.2 Å². The van der Waals surface area contributed by atoms with Crippen molar-refractivity contribution in [3.05, 3.63) is 77.6 Å². The minimum absolute atomic E-state index is 0.0310. The molecular formula is C27H25F2N3O2. The number of fused-ring (bicyclic) bond motifs is 1. The van der Waals surface area contributed by atoms with E-state index in [1.165, 1.54) is 0 Å². The Balaban J connectivity index is 1.40. The average Bonchev–Trinajstić information content (AvgIpc) is 3.18. The second-order valence-corrected chi connectivity index (χ2v) is 9.00. The smallest absolute Gasteiger partial charge is 0.337 e. The molecule has 0 saturated carbocycles. The molecule has 1 aromatic heterocycles. The highest BCUT2D eigenvalue weighted by molar-refractivity contribution is 6.03. The van der Waals surface area contributed by atoms with Gasteiger partial charge in [0, 0.05) is 13.0 Å². The van der Waals surface area contributed by atoms with Crippen molar-refractivity contribution in [3.8, 4) is 22.3 Å². The maximum Gasteiger partial charge on any atom is 0.337 e. The number of hydrogen-bond acceptors (Lipinski definition) is 3. The van der Waals surface area contributed by atoms with Crippen LogP contribution in [-0.2, 0) is 6.54 Å². The third-order valence-corrected chi connectivity index (χ3v) is 6.29. The van der Waals surface area contributed by atoms with Crippen molar-refractivity contribution in [3.63, 3.8) is 0 Å². The lowest BCUT2D eigenvalue weighted by molar-refractivity contribution is -0.0661. The van der Waals surface area contributed by atoms with E-state index in [1.807, 2.05) is 59.5 Å². The molecule has 1 aliphatic rings.